The maximum Gasteiger partial charge on any atom is 0.125 e. The van der Waals surface area contributed by atoms with Gasteiger partial charge in [0.1, 0.15) is 5.82 Å². The van der Waals surface area contributed by atoms with E-state index in [2.05, 4.69) is 27.4 Å². The van der Waals surface area contributed by atoms with Gasteiger partial charge < -0.3 is 5.32 Å². The number of nitrogens with one attached hydrogen (secondary N) is 1. The number of rotatable bonds is 3. The zero-order valence-electron chi connectivity index (χ0n) is 8.64. The van der Waals surface area contributed by atoms with E-state index in [4.69, 9.17) is 0 Å². The lowest BCUT2D eigenvalue weighted by Gasteiger charge is -2.02. The van der Waals surface area contributed by atoms with Crippen molar-refractivity contribution in [1.82, 2.24) is 9.97 Å². The van der Waals surface area contributed by atoms with E-state index in [-0.39, 0.29) is 0 Å². The van der Waals surface area contributed by atoms with Crippen molar-refractivity contribution < 1.29 is 0 Å². The summed E-state index contributed by atoms with van der Waals surface area (Å²) < 4.78 is 0. The van der Waals surface area contributed by atoms with Crippen LogP contribution in [0, 0.1) is 0 Å². The highest BCUT2D eigenvalue weighted by Crippen LogP contribution is 2.09. The van der Waals surface area contributed by atoms with Crippen molar-refractivity contribution in [3.63, 3.8) is 0 Å². The predicted molar refractivity (Wildman–Crippen MR) is 60.8 cm³/mol. The molecule has 2 aromatic rings. The minimum atomic E-state index is 0.880. The first-order valence-electron chi connectivity index (χ1n) is 4.90. The number of nitrogens with zero attached hydrogens (tertiary/aromatic N) is 2. The molecule has 0 aliphatic heterocycles. The van der Waals surface area contributed by atoms with Gasteiger partial charge in [-0.25, -0.2) is 4.98 Å². The summed E-state index contributed by atoms with van der Waals surface area (Å²) in [7, 11) is 1.86. The summed E-state index contributed by atoms with van der Waals surface area (Å²) in [6.45, 7) is 0. The summed E-state index contributed by atoms with van der Waals surface area (Å²) in [5.41, 5.74) is 2.40. The number of pyridine rings is 2. The minimum absolute atomic E-state index is 0.880. The molecule has 0 saturated heterocycles. The Balaban J connectivity index is 2.11. The quantitative estimate of drug-likeness (QED) is 0.822. The van der Waals surface area contributed by atoms with Crippen LogP contribution in [-0.4, -0.2) is 17.0 Å². The van der Waals surface area contributed by atoms with Crippen molar-refractivity contribution in [2.45, 2.75) is 6.42 Å². The molecule has 1 N–H and O–H groups in total. The summed E-state index contributed by atoms with van der Waals surface area (Å²) in [5.74, 6) is 0.893. The van der Waals surface area contributed by atoms with Gasteiger partial charge in [-0.2, -0.15) is 0 Å². The second kappa shape index (κ2) is 4.55. The molecule has 76 valence electrons. The monoisotopic (exact) mass is 199 g/mol. The molecular weight excluding hydrogens is 186 g/mol. The summed E-state index contributed by atoms with van der Waals surface area (Å²) in [4.78, 5) is 8.34. The van der Waals surface area contributed by atoms with Crippen molar-refractivity contribution in [2.24, 2.45) is 0 Å². The lowest BCUT2D eigenvalue weighted by molar-refractivity contribution is 1.11. The van der Waals surface area contributed by atoms with Crippen LogP contribution in [0.5, 0.6) is 0 Å². The van der Waals surface area contributed by atoms with Crippen molar-refractivity contribution in [3.8, 4) is 0 Å². The Bertz CT molecular complexity index is 409. The Morgan fingerprint density at radius 3 is 2.60 bits per heavy atom. The Morgan fingerprint density at radius 2 is 2.00 bits per heavy atom. The van der Waals surface area contributed by atoms with Gasteiger partial charge in [0.2, 0.25) is 0 Å². The fraction of sp³-hybridized carbons (Fsp3) is 0.167. The number of hydrogen-bond acceptors (Lipinski definition) is 3. The van der Waals surface area contributed by atoms with Crippen LogP contribution in [-0.2, 0) is 6.42 Å². The van der Waals surface area contributed by atoms with Crippen LogP contribution in [0.2, 0.25) is 0 Å². The van der Waals surface area contributed by atoms with Crippen LogP contribution in [0.1, 0.15) is 11.1 Å². The van der Waals surface area contributed by atoms with E-state index in [1.54, 1.807) is 6.20 Å². The molecular formula is C12H13N3. The molecule has 0 saturated carbocycles. The van der Waals surface area contributed by atoms with Crippen molar-refractivity contribution in [3.05, 3.63) is 54.0 Å². The molecule has 3 nitrogen and oxygen atoms in total. The molecule has 0 aliphatic rings. The Labute approximate surface area is 89.2 Å². The highest BCUT2D eigenvalue weighted by molar-refractivity contribution is 5.35. The zero-order valence-corrected chi connectivity index (χ0v) is 8.64. The average molecular weight is 199 g/mol. The molecule has 0 atom stereocenters. The van der Waals surface area contributed by atoms with Crippen LogP contribution >= 0.6 is 0 Å². The van der Waals surface area contributed by atoms with Crippen LogP contribution in [0.15, 0.2) is 42.9 Å². The largest absolute Gasteiger partial charge is 0.373 e. The highest BCUT2D eigenvalue weighted by atomic mass is 14.9. The van der Waals surface area contributed by atoms with Gasteiger partial charge in [-0.15, -0.1) is 0 Å². The third-order valence-corrected chi connectivity index (χ3v) is 2.21. The van der Waals surface area contributed by atoms with E-state index in [0.717, 1.165) is 12.2 Å². The molecule has 0 radical (unpaired) electrons. The first kappa shape index (κ1) is 9.65. The topological polar surface area (TPSA) is 37.8 Å². The van der Waals surface area contributed by atoms with E-state index in [0.29, 0.717) is 0 Å². The highest BCUT2D eigenvalue weighted by Gasteiger charge is 1.96. The molecule has 0 spiro atoms. The van der Waals surface area contributed by atoms with Gasteiger partial charge >= 0.3 is 0 Å². The van der Waals surface area contributed by atoms with Crippen LogP contribution in [0.3, 0.4) is 0 Å². The van der Waals surface area contributed by atoms with Gasteiger partial charge in [-0.1, -0.05) is 12.1 Å². The van der Waals surface area contributed by atoms with E-state index < -0.39 is 0 Å². The number of aromatic nitrogens is 2. The van der Waals surface area contributed by atoms with Gasteiger partial charge in [-0.3, -0.25) is 4.98 Å². The lowest BCUT2D eigenvalue weighted by Crippen LogP contribution is -1.94. The van der Waals surface area contributed by atoms with Gasteiger partial charge in [-0.05, 0) is 23.3 Å². The number of anilines is 1. The minimum Gasteiger partial charge on any atom is -0.373 e. The maximum atomic E-state index is 4.26. The van der Waals surface area contributed by atoms with Gasteiger partial charge in [0, 0.05) is 32.1 Å². The predicted octanol–water partition coefficient (Wildman–Crippen LogP) is 2.11. The Hall–Kier alpha value is -1.90. The molecule has 2 heterocycles. The second-order valence-corrected chi connectivity index (χ2v) is 3.34. The molecule has 0 fully saturated rings. The molecule has 0 aromatic carbocycles. The first-order valence-corrected chi connectivity index (χ1v) is 4.90. The molecule has 0 aliphatic carbocycles. The average Bonchev–Trinajstić information content (AvgIpc) is 2.31. The van der Waals surface area contributed by atoms with Crippen LogP contribution in [0.25, 0.3) is 0 Å². The SMILES string of the molecule is CNc1ccc(Cc2cccnc2)cn1. The van der Waals surface area contributed by atoms with Crippen LogP contribution < -0.4 is 5.32 Å². The molecule has 2 aromatic heterocycles. The van der Waals surface area contributed by atoms with Crippen molar-refractivity contribution >= 4 is 5.82 Å². The maximum absolute atomic E-state index is 4.26. The molecule has 0 bridgehead atoms. The van der Waals surface area contributed by atoms with Gasteiger partial charge in [0.05, 0.1) is 0 Å². The standard InChI is InChI=1S/C12H13N3/c1-13-12-5-4-11(9-15-12)7-10-3-2-6-14-8-10/h2-6,8-9H,7H2,1H3,(H,13,15). The fourth-order valence-corrected chi connectivity index (χ4v) is 1.42. The van der Waals surface area contributed by atoms with E-state index in [1.165, 1.54) is 11.1 Å². The summed E-state index contributed by atoms with van der Waals surface area (Å²) in [6.07, 6.45) is 6.43. The molecule has 0 unspecified atom stereocenters. The fourth-order valence-electron chi connectivity index (χ4n) is 1.42. The summed E-state index contributed by atoms with van der Waals surface area (Å²) in [6, 6.07) is 8.07. The number of hydrogen-bond donors (Lipinski definition) is 1. The van der Waals surface area contributed by atoms with Gasteiger partial charge in [0.25, 0.3) is 0 Å². The third-order valence-electron chi connectivity index (χ3n) is 2.21. The van der Waals surface area contributed by atoms with E-state index in [1.807, 2.05) is 31.6 Å². The van der Waals surface area contributed by atoms with Gasteiger partial charge in [0.15, 0.2) is 0 Å². The van der Waals surface area contributed by atoms with Crippen molar-refractivity contribution in [1.29, 1.82) is 0 Å². The second-order valence-electron chi connectivity index (χ2n) is 3.34. The molecule has 3 heteroatoms. The lowest BCUT2D eigenvalue weighted by atomic mass is 10.1. The third kappa shape index (κ3) is 2.53. The Morgan fingerprint density at radius 1 is 1.13 bits per heavy atom. The molecule has 2 rings (SSSR count). The Kier molecular flexibility index (Phi) is 2.93. The van der Waals surface area contributed by atoms with E-state index in [9.17, 15) is 0 Å². The first-order chi connectivity index (χ1) is 7.38. The summed E-state index contributed by atoms with van der Waals surface area (Å²) >= 11 is 0. The van der Waals surface area contributed by atoms with E-state index >= 15 is 0 Å². The molecule has 15 heavy (non-hydrogen) atoms. The molecule has 0 amide bonds. The van der Waals surface area contributed by atoms with Crippen LogP contribution in [0.4, 0.5) is 5.82 Å². The summed E-state index contributed by atoms with van der Waals surface area (Å²) in [5, 5.41) is 2.99. The zero-order chi connectivity index (χ0) is 10.5. The van der Waals surface area contributed by atoms with Crippen molar-refractivity contribution in [2.75, 3.05) is 12.4 Å². The smallest absolute Gasteiger partial charge is 0.125 e. The normalized spacial score (nSPS) is 9.93.